The summed E-state index contributed by atoms with van der Waals surface area (Å²) < 4.78 is 0. The monoisotopic (exact) mass is 775 g/mol. The number of nitrogens with zero attached hydrogens (tertiary/aromatic N) is 1. The molecule has 0 saturated heterocycles. The largest absolute Gasteiger partial charge is 0.331 e. The first-order chi connectivity index (χ1) is 29.3. The van der Waals surface area contributed by atoms with E-state index in [-0.39, 0.29) is 22.3 Å². The van der Waals surface area contributed by atoms with E-state index in [9.17, 15) is 0 Å². The molecule has 1 heteroatoms. The summed E-state index contributed by atoms with van der Waals surface area (Å²) in [7, 11) is 0. The highest BCUT2D eigenvalue weighted by Gasteiger charge is 2.48. The van der Waals surface area contributed by atoms with E-state index in [2.05, 4.69) is 227 Å². The van der Waals surface area contributed by atoms with Gasteiger partial charge in [-0.1, -0.05) is 191 Å². The van der Waals surface area contributed by atoms with Crippen LogP contribution in [0.3, 0.4) is 0 Å². The maximum atomic E-state index is 2.60. The lowest BCUT2D eigenvalue weighted by atomic mass is 9.65. The molecule has 60 heavy (non-hydrogen) atoms. The Bertz CT molecular complexity index is 2800. The van der Waals surface area contributed by atoms with Gasteiger partial charge < -0.3 is 4.90 Å². The molecule has 6 atom stereocenters. The Labute approximate surface area is 356 Å². The maximum absolute atomic E-state index is 2.60. The van der Waals surface area contributed by atoms with Gasteiger partial charge in [-0.3, -0.25) is 0 Å². The topological polar surface area (TPSA) is 3.24 Å². The summed E-state index contributed by atoms with van der Waals surface area (Å²) in [4.78, 5) is 2.55. The van der Waals surface area contributed by atoms with E-state index in [0.717, 1.165) is 19.3 Å². The van der Waals surface area contributed by atoms with Gasteiger partial charge in [-0.05, 0) is 124 Å². The van der Waals surface area contributed by atoms with E-state index in [0.29, 0.717) is 11.8 Å². The molecule has 5 aromatic rings. The minimum Gasteiger partial charge on any atom is -0.331 e. The van der Waals surface area contributed by atoms with E-state index in [4.69, 9.17) is 0 Å². The summed E-state index contributed by atoms with van der Waals surface area (Å²) in [5, 5.41) is 0. The summed E-state index contributed by atoms with van der Waals surface area (Å²) in [5.41, 5.74) is 18.4. The molecule has 294 valence electrons. The van der Waals surface area contributed by atoms with Crippen LogP contribution in [-0.2, 0) is 5.41 Å². The molecule has 5 aromatic carbocycles. The van der Waals surface area contributed by atoms with Gasteiger partial charge in [-0.15, -0.1) is 0 Å². The number of hydrogen-bond donors (Lipinski definition) is 0. The number of rotatable bonds is 6. The predicted octanol–water partition coefficient (Wildman–Crippen LogP) is 15.0. The molecule has 0 aromatic heterocycles. The highest BCUT2D eigenvalue weighted by Crippen LogP contribution is 2.59. The van der Waals surface area contributed by atoms with Crippen molar-refractivity contribution in [1.82, 2.24) is 0 Å². The van der Waals surface area contributed by atoms with Gasteiger partial charge in [-0.25, -0.2) is 0 Å². The summed E-state index contributed by atoms with van der Waals surface area (Å²) >= 11 is 0. The first-order valence-corrected chi connectivity index (χ1v) is 22.1. The lowest BCUT2D eigenvalue weighted by Gasteiger charge is -2.38. The molecular formula is C59H53N. The maximum Gasteiger partial charge on any atom is 0.0715 e. The van der Waals surface area contributed by atoms with Crippen LogP contribution in [0.1, 0.15) is 86.3 Å². The third-order valence-corrected chi connectivity index (χ3v) is 14.8. The SMILES string of the molecule is CC1C=CC(C2(c3ccccc3)c3ccccc3-c3ccc(C4C=C(C5(C)C=CC(c6ccc7c(c6)C6=CC=CCC6(C)N7c6ccccc6)=CC5)C=CC4C)cc32)=CC1. The van der Waals surface area contributed by atoms with Gasteiger partial charge in [-0.2, -0.15) is 0 Å². The van der Waals surface area contributed by atoms with Crippen LogP contribution in [0.25, 0.3) is 22.3 Å². The van der Waals surface area contributed by atoms with Crippen LogP contribution in [0, 0.1) is 17.3 Å². The fourth-order valence-corrected chi connectivity index (χ4v) is 11.4. The smallest absolute Gasteiger partial charge is 0.0715 e. The van der Waals surface area contributed by atoms with Crippen molar-refractivity contribution in [3.63, 3.8) is 0 Å². The molecule has 0 bridgehead atoms. The third kappa shape index (κ3) is 5.51. The molecule has 0 fully saturated rings. The van der Waals surface area contributed by atoms with E-state index >= 15 is 0 Å². The second-order valence-electron chi connectivity index (χ2n) is 18.6. The molecule has 0 radical (unpaired) electrons. The average molecular weight is 776 g/mol. The Balaban J connectivity index is 0.935. The lowest BCUT2D eigenvalue weighted by molar-refractivity contribution is 0.511. The number of benzene rings is 5. The van der Waals surface area contributed by atoms with Crippen LogP contribution in [0.5, 0.6) is 0 Å². The van der Waals surface area contributed by atoms with Gasteiger partial charge in [0.1, 0.15) is 0 Å². The lowest BCUT2D eigenvalue weighted by Crippen LogP contribution is -2.40. The van der Waals surface area contributed by atoms with Crippen LogP contribution < -0.4 is 4.90 Å². The highest BCUT2D eigenvalue weighted by molar-refractivity contribution is 5.97. The van der Waals surface area contributed by atoms with Crippen LogP contribution in [-0.4, -0.2) is 5.54 Å². The Morgan fingerprint density at radius 1 is 0.650 bits per heavy atom. The summed E-state index contributed by atoms with van der Waals surface area (Å²) in [6, 6.07) is 45.9. The van der Waals surface area contributed by atoms with Gasteiger partial charge in [0.25, 0.3) is 0 Å². The number of fused-ring (bicyclic) bond motifs is 6. The Hall–Kier alpha value is -6.18. The fourth-order valence-electron chi connectivity index (χ4n) is 11.4. The number of para-hydroxylation sites is 1. The molecular weight excluding hydrogens is 723 g/mol. The van der Waals surface area contributed by atoms with E-state index in [1.165, 1.54) is 78.2 Å². The number of hydrogen-bond acceptors (Lipinski definition) is 1. The van der Waals surface area contributed by atoms with E-state index < -0.39 is 0 Å². The van der Waals surface area contributed by atoms with Crippen molar-refractivity contribution in [3.8, 4) is 11.1 Å². The minimum absolute atomic E-state index is 0.0936. The average Bonchev–Trinajstić information content (AvgIpc) is 3.73. The van der Waals surface area contributed by atoms with Crippen molar-refractivity contribution in [3.05, 3.63) is 239 Å². The number of allylic oxidation sites excluding steroid dienone is 14. The Kier molecular flexibility index (Phi) is 8.57. The number of anilines is 2. The molecule has 11 rings (SSSR count). The molecule has 0 amide bonds. The predicted molar refractivity (Wildman–Crippen MR) is 253 cm³/mol. The first kappa shape index (κ1) is 36.9. The minimum atomic E-state index is -0.361. The second kappa shape index (κ2) is 14.0. The molecule has 1 nitrogen and oxygen atoms in total. The van der Waals surface area contributed by atoms with Crippen molar-refractivity contribution in [1.29, 1.82) is 0 Å². The zero-order valence-electron chi connectivity index (χ0n) is 35.3. The van der Waals surface area contributed by atoms with Gasteiger partial charge in [0, 0.05) is 28.3 Å². The third-order valence-electron chi connectivity index (χ3n) is 14.8. The van der Waals surface area contributed by atoms with E-state index in [1.54, 1.807) is 0 Å². The van der Waals surface area contributed by atoms with Gasteiger partial charge >= 0.3 is 0 Å². The van der Waals surface area contributed by atoms with Crippen LogP contribution in [0.15, 0.2) is 205 Å². The first-order valence-electron chi connectivity index (χ1n) is 22.1. The van der Waals surface area contributed by atoms with Crippen molar-refractivity contribution < 1.29 is 0 Å². The molecule has 1 heterocycles. The molecule has 0 spiro atoms. The molecule has 0 N–H and O–H groups in total. The van der Waals surface area contributed by atoms with Gasteiger partial charge in [0.2, 0.25) is 0 Å². The van der Waals surface area contributed by atoms with Crippen LogP contribution in [0.2, 0.25) is 0 Å². The van der Waals surface area contributed by atoms with Crippen molar-refractivity contribution in [2.75, 3.05) is 4.90 Å². The van der Waals surface area contributed by atoms with Crippen molar-refractivity contribution in [2.45, 2.75) is 63.8 Å². The highest BCUT2D eigenvalue weighted by atomic mass is 15.2. The fraction of sp³-hybridized carbons (Fsp3) is 0.220. The van der Waals surface area contributed by atoms with Crippen molar-refractivity contribution in [2.24, 2.45) is 17.3 Å². The van der Waals surface area contributed by atoms with Crippen molar-refractivity contribution >= 4 is 22.5 Å². The zero-order chi connectivity index (χ0) is 40.6. The Morgan fingerprint density at radius 2 is 1.42 bits per heavy atom. The summed E-state index contributed by atoms with van der Waals surface area (Å²) in [6.07, 6.45) is 32.1. The zero-order valence-corrected chi connectivity index (χ0v) is 35.3. The van der Waals surface area contributed by atoms with Crippen LogP contribution in [0.4, 0.5) is 11.4 Å². The molecule has 5 aliphatic carbocycles. The molecule has 1 aliphatic heterocycles. The van der Waals surface area contributed by atoms with Crippen LogP contribution >= 0.6 is 0 Å². The van der Waals surface area contributed by atoms with Gasteiger partial charge in [0.05, 0.1) is 11.0 Å². The van der Waals surface area contributed by atoms with E-state index in [1.807, 2.05) is 0 Å². The second-order valence-corrected chi connectivity index (χ2v) is 18.6. The Morgan fingerprint density at radius 3 is 2.20 bits per heavy atom. The quantitative estimate of drug-likeness (QED) is 0.166. The van der Waals surface area contributed by atoms with Gasteiger partial charge in [0.15, 0.2) is 0 Å². The molecule has 0 saturated carbocycles. The normalized spacial score (nSPS) is 28.3. The standard InChI is InChI=1S/C59H53N/c1-40-22-27-46(28-23-40)59(45-15-7-5-8-16-45)54-21-12-11-19-49(54)50-30-25-44(38-55(50)59)51-39-47(29-24-41(51)2)57(3)35-32-42(33-36-57)43-26-31-56-52(37-43)53-20-13-14-34-58(53,4)60(56)48-17-9-6-10-18-48/h5-22,24-33,35,37-41,51H,23,34,36H2,1-4H3. The molecule has 6 aliphatic rings. The molecule has 6 unspecified atom stereocenters. The summed E-state index contributed by atoms with van der Waals surface area (Å²) in [5.74, 6) is 1.21. The summed E-state index contributed by atoms with van der Waals surface area (Å²) in [6.45, 7) is 9.53.